The van der Waals surface area contributed by atoms with Crippen LogP contribution < -0.4 is 10.2 Å². The molecule has 0 radical (unpaired) electrons. The molecule has 0 aromatic carbocycles. The van der Waals surface area contributed by atoms with E-state index in [-0.39, 0.29) is 0 Å². The van der Waals surface area contributed by atoms with Crippen molar-refractivity contribution in [3.05, 3.63) is 28.8 Å². The Bertz CT molecular complexity index is 556. The van der Waals surface area contributed by atoms with Crippen LogP contribution in [-0.2, 0) is 11.3 Å². The summed E-state index contributed by atoms with van der Waals surface area (Å²) in [4.78, 5) is 15.2. The first-order valence-corrected chi connectivity index (χ1v) is 8.01. The molecule has 7 heteroatoms. The maximum atomic E-state index is 5.48. The highest BCUT2D eigenvalue weighted by molar-refractivity contribution is 7.07. The summed E-state index contributed by atoms with van der Waals surface area (Å²) in [6, 6.07) is 2.24. The Labute approximate surface area is 128 Å². The lowest BCUT2D eigenvalue weighted by molar-refractivity contribution is 0.0875. The van der Waals surface area contributed by atoms with Crippen molar-refractivity contribution in [3.8, 4) is 0 Å². The van der Waals surface area contributed by atoms with Gasteiger partial charge in [-0.25, -0.2) is 9.97 Å². The van der Waals surface area contributed by atoms with E-state index in [0.29, 0.717) is 18.5 Å². The molecule has 0 amide bonds. The minimum absolute atomic E-state index is 0.338. The van der Waals surface area contributed by atoms with E-state index in [4.69, 9.17) is 4.74 Å². The molecule has 0 bridgehead atoms. The van der Waals surface area contributed by atoms with Gasteiger partial charge in [-0.3, -0.25) is 0 Å². The molecule has 0 saturated carbocycles. The van der Waals surface area contributed by atoms with Crippen LogP contribution in [0.4, 0.5) is 11.8 Å². The van der Waals surface area contributed by atoms with Gasteiger partial charge >= 0.3 is 0 Å². The van der Waals surface area contributed by atoms with Crippen LogP contribution in [0.25, 0.3) is 0 Å². The summed E-state index contributed by atoms with van der Waals surface area (Å²) in [5.74, 6) is 1.55. The molecule has 1 atom stereocenters. The van der Waals surface area contributed by atoms with Crippen LogP contribution in [0.15, 0.2) is 23.2 Å². The van der Waals surface area contributed by atoms with Gasteiger partial charge in [-0.15, -0.1) is 11.3 Å². The summed E-state index contributed by atoms with van der Waals surface area (Å²) in [6.45, 7) is 2.32. The molecule has 6 nitrogen and oxygen atoms in total. The van der Waals surface area contributed by atoms with Gasteiger partial charge in [0.05, 0.1) is 30.4 Å². The molecule has 0 spiro atoms. The van der Waals surface area contributed by atoms with Crippen LogP contribution in [0.1, 0.15) is 18.5 Å². The first-order valence-electron chi connectivity index (χ1n) is 7.07. The molecule has 1 fully saturated rings. The van der Waals surface area contributed by atoms with E-state index in [2.05, 4.69) is 20.3 Å². The fraction of sp³-hybridized carbons (Fsp3) is 0.500. The Balaban J connectivity index is 1.64. The first-order chi connectivity index (χ1) is 10.3. The number of aromatic nitrogens is 3. The van der Waals surface area contributed by atoms with Crippen molar-refractivity contribution in [2.75, 3.05) is 30.5 Å². The summed E-state index contributed by atoms with van der Waals surface area (Å²) < 4.78 is 5.48. The van der Waals surface area contributed by atoms with Crippen molar-refractivity contribution in [1.82, 2.24) is 15.0 Å². The van der Waals surface area contributed by atoms with Crippen LogP contribution in [0.5, 0.6) is 0 Å². The Morgan fingerprint density at radius 3 is 3.19 bits per heavy atom. The van der Waals surface area contributed by atoms with Gasteiger partial charge in [0, 0.05) is 25.2 Å². The quantitative estimate of drug-likeness (QED) is 0.913. The normalized spacial score (nSPS) is 18.4. The second-order valence-electron chi connectivity index (χ2n) is 5.14. The molecule has 112 valence electrons. The fourth-order valence-corrected chi connectivity index (χ4v) is 2.86. The van der Waals surface area contributed by atoms with Gasteiger partial charge < -0.3 is 15.0 Å². The highest BCUT2D eigenvalue weighted by Crippen LogP contribution is 2.16. The molecule has 2 aromatic heterocycles. The van der Waals surface area contributed by atoms with E-state index in [1.807, 2.05) is 28.9 Å². The summed E-state index contributed by atoms with van der Waals surface area (Å²) in [5, 5.41) is 5.46. The predicted molar refractivity (Wildman–Crippen MR) is 83.7 cm³/mol. The average molecular weight is 305 g/mol. The predicted octanol–water partition coefficient (Wildman–Crippen LogP) is 2.16. The largest absolute Gasteiger partial charge is 0.379 e. The van der Waals surface area contributed by atoms with Crippen LogP contribution in [0, 0.1) is 0 Å². The van der Waals surface area contributed by atoms with Crippen LogP contribution in [-0.4, -0.2) is 41.3 Å². The molecule has 3 heterocycles. The summed E-state index contributed by atoms with van der Waals surface area (Å²) in [6.07, 6.45) is 4.00. The second kappa shape index (κ2) is 6.82. The number of thiazole rings is 1. The monoisotopic (exact) mass is 305 g/mol. The number of rotatable bonds is 5. The third-order valence-corrected chi connectivity index (χ3v) is 4.01. The highest BCUT2D eigenvalue weighted by Gasteiger charge is 2.15. The van der Waals surface area contributed by atoms with Crippen molar-refractivity contribution in [2.24, 2.45) is 0 Å². The van der Waals surface area contributed by atoms with Crippen molar-refractivity contribution < 1.29 is 4.74 Å². The maximum absolute atomic E-state index is 5.48. The van der Waals surface area contributed by atoms with Gasteiger partial charge in [-0.1, -0.05) is 0 Å². The molecule has 1 aliphatic heterocycles. The fourth-order valence-electron chi connectivity index (χ4n) is 2.31. The Hall–Kier alpha value is -1.73. The average Bonchev–Trinajstić information content (AvgIpc) is 3.01. The molecule has 1 N–H and O–H groups in total. The number of anilines is 2. The van der Waals surface area contributed by atoms with Crippen molar-refractivity contribution in [2.45, 2.75) is 25.4 Å². The van der Waals surface area contributed by atoms with Gasteiger partial charge in [0.15, 0.2) is 0 Å². The van der Waals surface area contributed by atoms with E-state index in [9.17, 15) is 0 Å². The number of ether oxygens (including phenoxy) is 1. The van der Waals surface area contributed by atoms with E-state index in [0.717, 1.165) is 37.6 Å². The first kappa shape index (κ1) is 14.2. The minimum atomic E-state index is 0.338. The Morgan fingerprint density at radius 1 is 1.48 bits per heavy atom. The lowest BCUT2D eigenvalue weighted by Gasteiger charge is -2.24. The molecule has 1 saturated heterocycles. The summed E-state index contributed by atoms with van der Waals surface area (Å²) >= 11 is 1.60. The molecule has 0 unspecified atom stereocenters. The SMILES string of the molecule is CN(Cc1cscn1)c1nccc(N[C@@H]2CCCOC2)n1. The summed E-state index contributed by atoms with van der Waals surface area (Å²) in [5.41, 5.74) is 2.87. The van der Waals surface area contributed by atoms with Crippen molar-refractivity contribution in [1.29, 1.82) is 0 Å². The van der Waals surface area contributed by atoms with Crippen molar-refractivity contribution >= 4 is 23.1 Å². The molecular weight excluding hydrogens is 286 g/mol. The number of hydrogen-bond acceptors (Lipinski definition) is 7. The Morgan fingerprint density at radius 2 is 2.43 bits per heavy atom. The van der Waals surface area contributed by atoms with E-state index in [1.165, 1.54) is 0 Å². The zero-order valence-corrected chi connectivity index (χ0v) is 12.8. The molecule has 0 aliphatic carbocycles. The third-order valence-electron chi connectivity index (χ3n) is 3.38. The Kier molecular flexibility index (Phi) is 4.62. The van der Waals surface area contributed by atoms with Gasteiger partial charge in [0.1, 0.15) is 5.82 Å². The second-order valence-corrected chi connectivity index (χ2v) is 5.85. The van der Waals surface area contributed by atoms with Gasteiger partial charge in [0.25, 0.3) is 0 Å². The van der Waals surface area contributed by atoms with Gasteiger partial charge in [-0.05, 0) is 18.9 Å². The van der Waals surface area contributed by atoms with Crippen LogP contribution >= 0.6 is 11.3 Å². The highest BCUT2D eigenvalue weighted by atomic mass is 32.1. The zero-order chi connectivity index (χ0) is 14.5. The number of nitrogens with one attached hydrogen (secondary N) is 1. The van der Waals surface area contributed by atoms with Crippen LogP contribution in [0.3, 0.4) is 0 Å². The standard InChI is InChI=1S/C14H19N5OS/c1-19(7-12-9-21-10-16-12)14-15-5-4-13(18-14)17-11-3-2-6-20-8-11/h4-5,9-11H,2-3,6-8H2,1H3,(H,15,17,18)/t11-/m1/s1. The smallest absolute Gasteiger partial charge is 0.227 e. The van der Waals surface area contributed by atoms with Crippen LogP contribution in [0.2, 0.25) is 0 Å². The van der Waals surface area contributed by atoms with E-state index >= 15 is 0 Å². The number of hydrogen-bond donors (Lipinski definition) is 1. The third kappa shape index (κ3) is 3.89. The molecular formula is C14H19N5OS. The number of nitrogens with zero attached hydrogens (tertiary/aromatic N) is 4. The summed E-state index contributed by atoms with van der Waals surface area (Å²) in [7, 11) is 1.97. The molecule has 21 heavy (non-hydrogen) atoms. The maximum Gasteiger partial charge on any atom is 0.227 e. The van der Waals surface area contributed by atoms with Gasteiger partial charge in [0.2, 0.25) is 5.95 Å². The lowest BCUT2D eigenvalue weighted by atomic mass is 10.1. The van der Waals surface area contributed by atoms with E-state index < -0.39 is 0 Å². The molecule has 3 rings (SSSR count). The zero-order valence-electron chi connectivity index (χ0n) is 12.0. The minimum Gasteiger partial charge on any atom is -0.379 e. The van der Waals surface area contributed by atoms with Gasteiger partial charge in [-0.2, -0.15) is 4.98 Å². The van der Waals surface area contributed by atoms with Crippen molar-refractivity contribution in [3.63, 3.8) is 0 Å². The molecule has 1 aliphatic rings. The topological polar surface area (TPSA) is 63.2 Å². The van der Waals surface area contributed by atoms with E-state index in [1.54, 1.807) is 17.5 Å². The lowest BCUT2D eigenvalue weighted by Crippen LogP contribution is -2.30. The molecule has 2 aromatic rings.